The minimum Gasteiger partial charge on any atom is -0.496 e. The number of methoxy groups -OCH3 is 1. The molecule has 2 aromatic carbocycles. The minimum absolute atomic E-state index is 0.354. The molecule has 154 valence electrons. The molecule has 3 rings (SSSR count). The molecular formula is C22H26BrFN4O. The largest absolute Gasteiger partial charge is 0.496 e. The molecule has 0 amide bonds. The number of unbranched alkanes of at least 4 members (excludes halogenated alkanes) is 2. The van der Waals surface area contributed by atoms with Crippen molar-refractivity contribution in [1.29, 1.82) is 0 Å². The lowest BCUT2D eigenvalue weighted by Gasteiger charge is -2.14. The first-order valence-corrected chi connectivity index (χ1v) is 10.5. The summed E-state index contributed by atoms with van der Waals surface area (Å²) in [5.74, 6) is 0.999. The standard InChI is InChI=1S/C22H26BrFN4O/c1-28(2)10-6-4-5-7-15-11-20-17(13-21(15)29-3)22(26-14-25-20)27-19-9-8-16(23)12-18(19)24/h8-9,11-14H,4-7,10H2,1-3H3,(H,25,26,27). The Kier molecular flexibility index (Phi) is 7.39. The van der Waals surface area contributed by atoms with Crippen molar-refractivity contribution in [3.05, 3.63) is 52.5 Å². The second-order valence-electron chi connectivity index (χ2n) is 7.27. The zero-order chi connectivity index (χ0) is 20.8. The predicted molar refractivity (Wildman–Crippen MR) is 120 cm³/mol. The molecular weight excluding hydrogens is 435 g/mol. The molecule has 1 heterocycles. The van der Waals surface area contributed by atoms with E-state index in [1.807, 2.05) is 12.1 Å². The van der Waals surface area contributed by atoms with Gasteiger partial charge in [0, 0.05) is 9.86 Å². The van der Waals surface area contributed by atoms with Crippen LogP contribution < -0.4 is 10.1 Å². The maximum absolute atomic E-state index is 14.2. The lowest BCUT2D eigenvalue weighted by atomic mass is 10.0. The average Bonchev–Trinajstić information content (AvgIpc) is 2.69. The highest BCUT2D eigenvalue weighted by Gasteiger charge is 2.12. The molecule has 5 nitrogen and oxygen atoms in total. The Labute approximate surface area is 179 Å². The SMILES string of the molecule is COc1cc2c(Nc3ccc(Br)cc3F)ncnc2cc1CCCCCN(C)C. The molecule has 0 aliphatic rings. The van der Waals surface area contributed by atoms with Gasteiger partial charge >= 0.3 is 0 Å². The van der Waals surface area contributed by atoms with E-state index in [2.05, 4.69) is 50.2 Å². The second kappa shape index (κ2) is 9.98. The number of aromatic nitrogens is 2. The summed E-state index contributed by atoms with van der Waals surface area (Å²) in [6, 6.07) is 8.85. The van der Waals surface area contributed by atoms with E-state index in [0.29, 0.717) is 16.0 Å². The van der Waals surface area contributed by atoms with Crippen LogP contribution in [0, 0.1) is 5.82 Å². The Morgan fingerprint density at radius 1 is 1.10 bits per heavy atom. The van der Waals surface area contributed by atoms with Crippen LogP contribution >= 0.6 is 15.9 Å². The van der Waals surface area contributed by atoms with Crippen molar-refractivity contribution in [3.63, 3.8) is 0 Å². The molecule has 0 bridgehead atoms. The number of anilines is 2. The monoisotopic (exact) mass is 460 g/mol. The molecule has 0 unspecified atom stereocenters. The maximum Gasteiger partial charge on any atom is 0.147 e. The average molecular weight is 461 g/mol. The number of rotatable bonds is 9. The normalized spacial score (nSPS) is 11.2. The van der Waals surface area contributed by atoms with E-state index in [1.165, 1.54) is 25.2 Å². The van der Waals surface area contributed by atoms with Gasteiger partial charge in [0.15, 0.2) is 0 Å². The van der Waals surface area contributed by atoms with Crippen molar-refractivity contribution >= 4 is 38.3 Å². The number of ether oxygens (including phenoxy) is 1. The molecule has 0 atom stereocenters. The van der Waals surface area contributed by atoms with Crippen LogP contribution in [0.25, 0.3) is 10.9 Å². The van der Waals surface area contributed by atoms with Crippen LogP contribution in [0.3, 0.4) is 0 Å². The summed E-state index contributed by atoms with van der Waals surface area (Å²) in [6.45, 7) is 1.10. The molecule has 1 N–H and O–H groups in total. The summed E-state index contributed by atoms with van der Waals surface area (Å²) in [6.07, 6.45) is 5.86. The first kappa shape index (κ1) is 21.5. The van der Waals surface area contributed by atoms with Crippen LogP contribution in [0.15, 0.2) is 41.1 Å². The van der Waals surface area contributed by atoms with Crippen LogP contribution in [0.2, 0.25) is 0 Å². The van der Waals surface area contributed by atoms with Gasteiger partial charge in [0.1, 0.15) is 23.7 Å². The third kappa shape index (κ3) is 5.64. The van der Waals surface area contributed by atoms with Crippen molar-refractivity contribution in [3.8, 4) is 5.75 Å². The number of fused-ring (bicyclic) bond motifs is 1. The summed E-state index contributed by atoms with van der Waals surface area (Å²) in [5, 5.41) is 3.87. The molecule has 0 aliphatic heterocycles. The second-order valence-corrected chi connectivity index (χ2v) is 8.18. The van der Waals surface area contributed by atoms with Crippen molar-refractivity contribution < 1.29 is 9.13 Å². The van der Waals surface area contributed by atoms with Gasteiger partial charge < -0.3 is 15.0 Å². The fourth-order valence-electron chi connectivity index (χ4n) is 3.25. The van der Waals surface area contributed by atoms with Gasteiger partial charge in [-0.2, -0.15) is 0 Å². The van der Waals surface area contributed by atoms with Crippen molar-refractivity contribution in [2.45, 2.75) is 25.7 Å². The number of nitrogens with zero attached hydrogens (tertiary/aromatic N) is 3. The summed E-state index contributed by atoms with van der Waals surface area (Å²) in [4.78, 5) is 10.9. The Balaban J connectivity index is 1.82. The van der Waals surface area contributed by atoms with Gasteiger partial charge in [0.25, 0.3) is 0 Å². The Bertz CT molecular complexity index is 980. The molecule has 0 saturated heterocycles. The molecule has 3 aromatic rings. The molecule has 0 fully saturated rings. The maximum atomic E-state index is 14.2. The number of hydrogen-bond acceptors (Lipinski definition) is 5. The lowest BCUT2D eigenvalue weighted by molar-refractivity contribution is 0.390. The predicted octanol–water partition coefficient (Wildman–Crippen LogP) is 5.56. The highest BCUT2D eigenvalue weighted by Crippen LogP contribution is 2.31. The lowest BCUT2D eigenvalue weighted by Crippen LogP contribution is -2.12. The Morgan fingerprint density at radius 3 is 2.66 bits per heavy atom. The molecule has 0 aliphatic carbocycles. The van der Waals surface area contributed by atoms with E-state index in [-0.39, 0.29) is 5.82 Å². The van der Waals surface area contributed by atoms with Crippen molar-refractivity contribution in [1.82, 2.24) is 14.9 Å². The van der Waals surface area contributed by atoms with Gasteiger partial charge in [-0.05, 0) is 75.8 Å². The van der Waals surface area contributed by atoms with E-state index in [4.69, 9.17) is 4.74 Å². The molecule has 29 heavy (non-hydrogen) atoms. The van der Waals surface area contributed by atoms with E-state index in [9.17, 15) is 4.39 Å². The van der Waals surface area contributed by atoms with Gasteiger partial charge in [-0.1, -0.05) is 22.4 Å². The van der Waals surface area contributed by atoms with Crippen LogP contribution in [0.5, 0.6) is 5.75 Å². The highest BCUT2D eigenvalue weighted by atomic mass is 79.9. The van der Waals surface area contributed by atoms with E-state index < -0.39 is 0 Å². The first-order valence-electron chi connectivity index (χ1n) is 9.66. The van der Waals surface area contributed by atoms with Crippen LogP contribution in [-0.4, -0.2) is 42.6 Å². The van der Waals surface area contributed by atoms with Crippen LogP contribution in [0.4, 0.5) is 15.9 Å². The fraction of sp³-hybridized carbons (Fsp3) is 0.364. The smallest absolute Gasteiger partial charge is 0.147 e. The number of benzene rings is 2. The van der Waals surface area contributed by atoms with Crippen LogP contribution in [0.1, 0.15) is 24.8 Å². The molecule has 1 aromatic heterocycles. The topological polar surface area (TPSA) is 50.3 Å². The summed E-state index contributed by atoms with van der Waals surface area (Å²) in [7, 11) is 5.86. The third-order valence-electron chi connectivity index (χ3n) is 4.77. The first-order chi connectivity index (χ1) is 14.0. The summed E-state index contributed by atoms with van der Waals surface area (Å²) < 4.78 is 20.5. The summed E-state index contributed by atoms with van der Waals surface area (Å²) in [5.41, 5.74) is 2.30. The van der Waals surface area contributed by atoms with E-state index >= 15 is 0 Å². The van der Waals surface area contributed by atoms with Crippen LogP contribution in [-0.2, 0) is 6.42 Å². The molecule has 7 heteroatoms. The Morgan fingerprint density at radius 2 is 1.93 bits per heavy atom. The van der Waals surface area contributed by atoms with Crippen molar-refractivity contribution in [2.24, 2.45) is 0 Å². The molecule has 0 spiro atoms. The number of nitrogens with one attached hydrogen (secondary N) is 1. The zero-order valence-electron chi connectivity index (χ0n) is 17.0. The number of hydrogen-bond donors (Lipinski definition) is 1. The van der Waals surface area contributed by atoms with Gasteiger partial charge in [0.05, 0.1) is 18.3 Å². The number of halogens is 2. The minimum atomic E-state index is -0.354. The van der Waals surface area contributed by atoms with E-state index in [1.54, 1.807) is 19.2 Å². The molecule has 0 saturated carbocycles. The zero-order valence-corrected chi connectivity index (χ0v) is 18.6. The van der Waals surface area contributed by atoms with Gasteiger partial charge in [0.2, 0.25) is 0 Å². The summed E-state index contributed by atoms with van der Waals surface area (Å²) >= 11 is 3.27. The van der Waals surface area contributed by atoms with Gasteiger partial charge in [-0.15, -0.1) is 0 Å². The molecule has 0 radical (unpaired) electrons. The third-order valence-corrected chi connectivity index (χ3v) is 5.27. The fourth-order valence-corrected chi connectivity index (χ4v) is 3.58. The highest BCUT2D eigenvalue weighted by molar-refractivity contribution is 9.10. The number of aryl methyl sites for hydroxylation is 1. The van der Waals surface area contributed by atoms with E-state index in [0.717, 1.165) is 41.6 Å². The quantitative estimate of drug-likeness (QED) is 0.423. The Hall–Kier alpha value is -2.25. The van der Waals surface area contributed by atoms with Gasteiger partial charge in [-0.3, -0.25) is 0 Å². The van der Waals surface area contributed by atoms with Gasteiger partial charge in [-0.25, -0.2) is 14.4 Å². The van der Waals surface area contributed by atoms with Crippen molar-refractivity contribution in [2.75, 3.05) is 33.1 Å².